The number of rotatable bonds is 3. The summed E-state index contributed by atoms with van der Waals surface area (Å²) in [7, 11) is 0. The summed E-state index contributed by atoms with van der Waals surface area (Å²) in [6.07, 6.45) is 3.05. The van der Waals surface area contributed by atoms with Crippen LogP contribution in [0.2, 0.25) is 0 Å². The van der Waals surface area contributed by atoms with Crippen LogP contribution >= 0.6 is 0 Å². The minimum absolute atomic E-state index is 0.362. The average Bonchev–Trinajstić information content (AvgIpc) is 1.99. The molecule has 2 nitrogen and oxygen atoms in total. The third-order valence-electron chi connectivity index (χ3n) is 1.10. The van der Waals surface area contributed by atoms with Crippen molar-refractivity contribution in [1.82, 2.24) is 0 Å². The van der Waals surface area contributed by atoms with Crippen molar-refractivity contribution in [3.05, 3.63) is 24.3 Å². The topological polar surface area (TPSA) is 26.3 Å². The molecule has 0 unspecified atom stereocenters. The summed E-state index contributed by atoms with van der Waals surface area (Å²) >= 11 is 0. The van der Waals surface area contributed by atoms with E-state index in [1.165, 1.54) is 0 Å². The van der Waals surface area contributed by atoms with Crippen LogP contribution in [0.15, 0.2) is 24.3 Å². The number of hydrogen-bond acceptors (Lipinski definition) is 2. The number of ether oxygens (including phenoxy) is 1. The zero-order valence-corrected chi connectivity index (χ0v) is 6.39. The summed E-state index contributed by atoms with van der Waals surface area (Å²) in [5, 5.41) is 0. The Hall–Kier alpha value is -1.05. The van der Waals surface area contributed by atoms with Crippen LogP contribution < -0.4 is 0 Å². The fraction of sp³-hybridized carbons (Fsp3) is 0.375. The molecule has 0 aromatic carbocycles. The first-order chi connectivity index (χ1) is 4.70. The van der Waals surface area contributed by atoms with Gasteiger partial charge in [-0.25, -0.2) is 4.79 Å². The van der Waals surface area contributed by atoms with Crippen molar-refractivity contribution in [1.29, 1.82) is 0 Å². The molecular weight excluding hydrogens is 128 g/mol. The minimum Gasteiger partial charge on any atom is -0.458 e. The van der Waals surface area contributed by atoms with Crippen LogP contribution in [-0.2, 0) is 9.53 Å². The van der Waals surface area contributed by atoms with Gasteiger partial charge in [0, 0.05) is 6.08 Å². The summed E-state index contributed by atoms with van der Waals surface area (Å²) in [5.74, 6) is -0.374. The van der Waals surface area contributed by atoms with Gasteiger partial charge in [-0.2, -0.15) is 0 Å². The van der Waals surface area contributed by atoms with Gasteiger partial charge in [0.2, 0.25) is 0 Å². The van der Waals surface area contributed by atoms with Crippen LogP contribution in [0, 0.1) is 0 Å². The van der Waals surface area contributed by atoms with E-state index in [4.69, 9.17) is 4.74 Å². The molecule has 0 bridgehead atoms. The minimum atomic E-state index is -0.374. The van der Waals surface area contributed by atoms with Crippen LogP contribution in [0.3, 0.4) is 0 Å². The Labute approximate surface area is 61.2 Å². The molecule has 0 aromatic rings. The molecule has 0 aromatic heterocycles. The second-order valence-corrected chi connectivity index (χ2v) is 1.95. The van der Waals surface area contributed by atoms with Crippen molar-refractivity contribution >= 4 is 5.97 Å². The molecule has 0 atom stereocenters. The van der Waals surface area contributed by atoms with Crippen molar-refractivity contribution in [2.45, 2.75) is 13.8 Å². The Kier molecular flexibility index (Phi) is 4.29. The average molecular weight is 140 g/mol. The SMILES string of the molecule is C=CC(=O)OC/C(C)=C/C. The summed E-state index contributed by atoms with van der Waals surface area (Å²) in [6.45, 7) is 7.43. The first kappa shape index (κ1) is 8.95. The molecule has 0 radical (unpaired) electrons. The van der Waals surface area contributed by atoms with E-state index < -0.39 is 0 Å². The molecule has 0 fully saturated rings. The third kappa shape index (κ3) is 3.89. The first-order valence-corrected chi connectivity index (χ1v) is 3.11. The fourth-order valence-electron chi connectivity index (χ4n) is 0.327. The van der Waals surface area contributed by atoms with Crippen LogP contribution in [0.5, 0.6) is 0 Å². The maximum absolute atomic E-state index is 10.5. The molecule has 0 amide bonds. The van der Waals surface area contributed by atoms with Gasteiger partial charge in [0.1, 0.15) is 6.61 Å². The molecule has 0 spiro atoms. The number of carbonyl (C=O) groups excluding carboxylic acids is 1. The third-order valence-corrected chi connectivity index (χ3v) is 1.10. The normalized spacial score (nSPS) is 10.8. The highest BCUT2D eigenvalue weighted by molar-refractivity contribution is 5.81. The summed E-state index contributed by atoms with van der Waals surface area (Å²) < 4.78 is 4.72. The fourth-order valence-corrected chi connectivity index (χ4v) is 0.327. The van der Waals surface area contributed by atoms with Crippen molar-refractivity contribution in [2.24, 2.45) is 0 Å². The van der Waals surface area contributed by atoms with Gasteiger partial charge in [-0.15, -0.1) is 0 Å². The molecule has 10 heavy (non-hydrogen) atoms. The van der Waals surface area contributed by atoms with E-state index in [0.717, 1.165) is 11.6 Å². The van der Waals surface area contributed by atoms with E-state index in [2.05, 4.69) is 6.58 Å². The molecule has 0 heterocycles. The zero-order chi connectivity index (χ0) is 7.98. The lowest BCUT2D eigenvalue weighted by molar-refractivity contribution is -0.136. The Morgan fingerprint density at radius 1 is 1.70 bits per heavy atom. The lowest BCUT2D eigenvalue weighted by Gasteiger charge is -1.99. The molecule has 0 saturated heterocycles. The van der Waals surface area contributed by atoms with Crippen LogP contribution in [-0.4, -0.2) is 12.6 Å². The van der Waals surface area contributed by atoms with Gasteiger partial charge >= 0.3 is 5.97 Å². The highest BCUT2D eigenvalue weighted by Crippen LogP contribution is 1.92. The standard InChI is InChI=1S/C8H12O2/c1-4-7(3)6-10-8(9)5-2/h4-5H,2,6H2,1,3H3/b7-4+. The largest absolute Gasteiger partial charge is 0.458 e. The van der Waals surface area contributed by atoms with Gasteiger partial charge in [0.05, 0.1) is 0 Å². The number of carbonyl (C=O) groups is 1. The van der Waals surface area contributed by atoms with Crippen LogP contribution in [0.25, 0.3) is 0 Å². The monoisotopic (exact) mass is 140 g/mol. The van der Waals surface area contributed by atoms with Gasteiger partial charge in [0.25, 0.3) is 0 Å². The molecule has 2 heteroatoms. The van der Waals surface area contributed by atoms with Crippen LogP contribution in [0.1, 0.15) is 13.8 Å². The van der Waals surface area contributed by atoms with E-state index in [0.29, 0.717) is 6.61 Å². The molecule has 0 rings (SSSR count). The number of esters is 1. The molecular formula is C8H12O2. The van der Waals surface area contributed by atoms with Crippen molar-refractivity contribution in [3.8, 4) is 0 Å². The van der Waals surface area contributed by atoms with Gasteiger partial charge < -0.3 is 4.74 Å². The smallest absolute Gasteiger partial charge is 0.330 e. The van der Waals surface area contributed by atoms with Gasteiger partial charge in [-0.3, -0.25) is 0 Å². The molecule has 0 N–H and O–H groups in total. The predicted molar refractivity (Wildman–Crippen MR) is 40.6 cm³/mol. The molecule has 0 aliphatic heterocycles. The predicted octanol–water partition coefficient (Wildman–Crippen LogP) is 1.68. The maximum atomic E-state index is 10.5. The Morgan fingerprint density at radius 2 is 2.30 bits per heavy atom. The van der Waals surface area contributed by atoms with Crippen LogP contribution in [0.4, 0.5) is 0 Å². The van der Waals surface area contributed by atoms with E-state index >= 15 is 0 Å². The summed E-state index contributed by atoms with van der Waals surface area (Å²) in [5.41, 5.74) is 1.04. The summed E-state index contributed by atoms with van der Waals surface area (Å²) in [4.78, 5) is 10.5. The molecule has 0 aliphatic rings. The lowest BCUT2D eigenvalue weighted by Crippen LogP contribution is -2.02. The highest BCUT2D eigenvalue weighted by Gasteiger charge is 1.93. The van der Waals surface area contributed by atoms with Crippen molar-refractivity contribution in [3.63, 3.8) is 0 Å². The lowest BCUT2D eigenvalue weighted by atomic mass is 10.3. The number of allylic oxidation sites excluding steroid dienone is 1. The molecule has 56 valence electrons. The highest BCUT2D eigenvalue weighted by atomic mass is 16.5. The maximum Gasteiger partial charge on any atom is 0.330 e. The Bertz CT molecular complexity index is 155. The second kappa shape index (κ2) is 4.79. The second-order valence-electron chi connectivity index (χ2n) is 1.95. The van der Waals surface area contributed by atoms with E-state index in [9.17, 15) is 4.79 Å². The zero-order valence-electron chi connectivity index (χ0n) is 6.39. The first-order valence-electron chi connectivity index (χ1n) is 3.11. The summed E-state index contributed by atoms with van der Waals surface area (Å²) in [6, 6.07) is 0. The van der Waals surface area contributed by atoms with Crippen molar-refractivity contribution in [2.75, 3.05) is 6.61 Å². The van der Waals surface area contributed by atoms with E-state index in [-0.39, 0.29) is 5.97 Å². The van der Waals surface area contributed by atoms with Gasteiger partial charge in [-0.05, 0) is 19.4 Å². The van der Waals surface area contributed by atoms with E-state index in [1.807, 2.05) is 19.9 Å². The quantitative estimate of drug-likeness (QED) is 0.338. The Morgan fingerprint density at radius 3 is 2.70 bits per heavy atom. The van der Waals surface area contributed by atoms with Crippen molar-refractivity contribution < 1.29 is 9.53 Å². The van der Waals surface area contributed by atoms with E-state index in [1.54, 1.807) is 0 Å². The molecule has 0 saturated carbocycles. The van der Waals surface area contributed by atoms with Gasteiger partial charge in [0.15, 0.2) is 0 Å². The molecule has 0 aliphatic carbocycles. The number of hydrogen-bond donors (Lipinski definition) is 0. The van der Waals surface area contributed by atoms with Gasteiger partial charge in [-0.1, -0.05) is 12.7 Å². The Balaban J connectivity index is 3.55.